The number of carboxylic acids is 1. The molecule has 6 nitrogen and oxygen atoms in total. The van der Waals surface area contributed by atoms with Crippen LogP contribution >= 0.6 is 0 Å². The molecule has 0 spiro atoms. The molecule has 1 heterocycles. The third-order valence-electron chi connectivity index (χ3n) is 4.50. The number of para-hydroxylation sites is 2. The fourth-order valence-electron chi connectivity index (χ4n) is 3.13. The zero-order valence-corrected chi connectivity index (χ0v) is 15.0. The zero-order valence-electron chi connectivity index (χ0n) is 15.0. The van der Waals surface area contributed by atoms with Crippen LogP contribution in [0.4, 0.5) is 0 Å². The minimum absolute atomic E-state index is 0.0317. The van der Waals surface area contributed by atoms with Gasteiger partial charge >= 0.3 is 5.97 Å². The van der Waals surface area contributed by atoms with Crippen LogP contribution in [0.1, 0.15) is 24.8 Å². The quantitative estimate of drug-likeness (QED) is 0.610. The zero-order chi connectivity index (χ0) is 19.1. The maximum absolute atomic E-state index is 12.4. The van der Waals surface area contributed by atoms with Crippen molar-refractivity contribution in [1.82, 2.24) is 14.9 Å². The number of carbonyl (C=O) groups is 2. The largest absolute Gasteiger partial charge is 0.481 e. The molecule has 2 N–H and O–H groups in total. The van der Waals surface area contributed by atoms with Gasteiger partial charge in [-0.3, -0.25) is 9.59 Å². The Morgan fingerprint density at radius 2 is 1.78 bits per heavy atom. The second-order valence-corrected chi connectivity index (χ2v) is 6.56. The molecule has 0 saturated heterocycles. The van der Waals surface area contributed by atoms with E-state index in [1.165, 1.54) is 0 Å². The number of aromatic nitrogens is 2. The first-order chi connectivity index (χ1) is 13.1. The van der Waals surface area contributed by atoms with Gasteiger partial charge in [-0.2, -0.15) is 0 Å². The van der Waals surface area contributed by atoms with Crippen molar-refractivity contribution in [2.75, 3.05) is 0 Å². The number of aliphatic carboxylic acids is 1. The first-order valence-electron chi connectivity index (χ1n) is 9.07. The standard InChI is InChI=1S/C21H23N3O3/c25-20(12-13-24-15-22-18-8-4-5-9-19(18)24)23-17(10-11-21(26)27)14-16-6-2-1-3-7-16/h1-9,15,17H,10-14H2,(H,23,25)(H,26,27). The number of hydrogen-bond donors (Lipinski definition) is 2. The number of hydrogen-bond acceptors (Lipinski definition) is 3. The highest BCUT2D eigenvalue weighted by Crippen LogP contribution is 2.13. The Balaban J connectivity index is 1.58. The summed E-state index contributed by atoms with van der Waals surface area (Å²) in [5.74, 6) is -0.939. The van der Waals surface area contributed by atoms with E-state index >= 15 is 0 Å². The van der Waals surface area contributed by atoms with E-state index in [0.29, 0.717) is 25.8 Å². The van der Waals surface area contributed by atoms with Crippen LogP contribution < -0.4 is 5.32 Å². The molecule has 140 valence electrons. The molecule has 0 radical (unpaired) electrons. The highest BCUT2D eigenvalue weighted by molar-refractivity contribution is 5.77. The molecule has 0 bridgehead atoms. The number of carboxylic acid groups (broad SMARTS) is 1. The number of nitrogens with one attached hydrogen (secondary N) is 1. The van der Waals surface area contributed by atoms with E-state index in [1.807, 2.05) is 59.2 Å². The Kier molecular flexibility index (Phi) is 6.20. The Morgan fingerprint density at radius 3 is 2.56 bits per heavy atom. The average Bonchev–Trinajstić information content (AvgIpc) is 3.08. The molecule has 1 amide bonds. The number of nitrogens with zero attached hydrogens (tertiary/aromatic N) is 2. The van der Waals surface area contributed by atoms with E-state index in [4.69, 9.17) is 5.11 Å². The predicted octanol–water partition coefficient (Wildman–Crippen LogP) is 3.02. The summed E-state index contributed by atoms with van der Waals surface area (Å²) in [4.78, 5) is 27.7. The average molecular weight is 365 g/mol. The van der Waals surface area contributed by atoms with Gasteiger partial charge in [0.05, 0.1) is 17.4 Å². The van der Waals surface area contributed by atoms with E-state index < -0.39 is 5.97 Å². The number of carbonyl (C=O) groups excluding carboxylic acids is 1. The van der Waals surface area contributed by atoms with Crippen molar-refractivity contribution in [1.29, 1.82) is 0 Å². The van der Waals surface area contributed by atoms with E-state index in [0.717, 1.165) is 16.6 Å². The number of fused-ring (bicyclic) bond motifs is 1. The molecule has 1 aromatic heterocycles. The minimum Gasteiger partial charge on any atom is -0.481 e. The molecule has 0 aliphatic rings. The fourth-order valence-corrected chi connectivity index (χ4v) is 3.13. The normalized spacial score (nSPS) is 12.0. The van der Waals surface area contributed by atoms with Crippen molar-refractivity contribution in [3.8, 4) is 0 Å². The van der Waals surface area contributed by atoms with Crippen LogP contribution in [-0.2, 0) is 22.6 Å². The van der Waals surface area contributed by atoms with Gasteiger partial charge in [0.1, 0.15) is 0 Å². The molecule has 0 aliphatic carbocycles. The summed E-state index contributed by atoms with van der Waals surface area (Å²) in [6, 6.07) is 17.4. The molecule has 27 heavy (non-hydrogen) atoms. The molecule has 3 rings (SSSR count). The van der Waals surface area contributed by atoms with Gasteiger partial charge in [0.15, 0.2) is 0 Å². The van der Waals surface area contributed by atoms with Crippen molar-refractivity contribution in [3.05, 3.63) is 66.5 Å². The fraction of sp³-hybridized carbons (Fsp3) is 0.286. The number of imidazole rings is 1. The van der Waals surface area contributed by atoms with Gasteiger partial charge in [0, 0.05) is 25.4 Å². The van der Waals surface area contributed by atoms with Gasteiger partial charge in [0.2, 0.25) is 5.91 Å². The lowest BCUT2D eigenvalue weighted by atomic mass is 10.0. The van der Waals surface area contributed by atoms with Crippen LogP contribution in [0.3, 0.4) is 0 Å². The summed E-state index contributed by atoms with van der Waals surface area (Å²) in [5, 5.41) is 12.0. The monoisotopic (exact) mass is 365 g/mol. The summed E-state index contributed by atoms with van der Waals surface area (Å²) in [6.07, 6.45) is 3.12. The van der Waals surface area contributed by atoms with Gasteiger partial charge in [0.25, 0.3) is 0 Å². The summed E-state index contributed by atoms with van der Waals surface area (Å²) in [5.41, 5.74) is 2.98. The molecule has 6 heteroatoms. The van der Waals surface area contributed by atoms with Crippen LogP contribution in [-0.4, -0.2) is 32.6 Å². The summed E-state index contributed by atoms with van der Waals surface area (Å²) < 4.78 is 1.96. The van der Waals surface area contributed by atoms with Gasteiger partial charge in [-0.1, -0.05) is 42.5 Å². The lowest BCUT2D eigenvalue weighted by Crippen LogP contribution is -2.37. The topological polar surface area (TPSA) is 84.2 Å². The van der Waals surface area contributed by atoms with Gasteiger partial charge in [-0.15, -0.1) is 0 Å². The third-order valence-corrected chi connectivity index (χ3v) is 4.50. The molecule has 0 saturated carbocycles. The number of rotatable bonds is 9. The van der Waals surface area contributed by atoms with Crippen molar-refractivity contribution in [2.24, 2.45) is 0 Å². The second-order valence-electron chi connectivity index (χ2n) is 6.56. The smallest absolute Gasteiger partial charge is 0.303 e. The summed E-state index contributed by atoms with van der Waals surface area (Å²) >= 11 is 0. The first-order valence-corrected chi connectivity index (χ1v) is 9.07. The molecule has 0 fully saturated rings. The molecule has 0 aliphatic heterocycles. The Hall–Kier alpha value is -3.15. The Bertz CT molecular complexity index is 905. The molecular weight excluding hydrogens is 342 g/mol. The number of benzene rings is 2. The van der Waals surface area contributed by atoms with Crippen LogP contribution in [0.15, 0.2) is 60.9 Å². The maximum Gasteiger partial charge on any atom is 0.303 e. The lowest BCUT2D eigenvalue weighted by Gasteiger charge is -2.18. The van der Waals surface area contributed by atoms with Crippen molar-refractivity contribution in [2.45, 2.75) is 38.3 Å². The van der Waals surface area contributed by atoms with Crippen LogP contribution in [0, 0.1) is 0 Å². The SMILES string of the molecule is O=C(O)CCC(Cc1ccccc1)NC(=O)CCn1cnc2ccccc21. The van der Waals surface area contributed by atoms with Crippen molar-refractivity contribution >= 4 is 22.9 Å². The van der Waals surface area contributed by atoms with Crippen molar-refractivity contribution < 1.29 is 14.7 Å². The van der Waals surface area contributed by atoms with E-state index in [2.05, 4.69) is 10.3 Å². The van der Waals surface area contributed by atoms with E-state index in [1.54, 1.807) is 6.33 Å². The third kappa shape index (κ3) is 5.41. The molecule has 1 unspecified atom stereocenters. The second kappa shape index (κ2) is 8.98. The number of amides is 1. The highest BCUT2D eigenvalue weighted by atomic mass is 16.4. The van der Waals surface area contributed by atoms with Gasteiger partial charge in [-0.05, 0) is 30.5 Å². The minimum atomic E-state index is -0.854. The Morgan fingerprint density at radius 1 is 1.04 bits per heavy atom. The lowest BCUT2D eigenvalue weighted by molar-refractivity contribution is -0.137. The predicted molar refractivity (Wildman–Crippen MR) is 103 cm³/mol. The van der Waals surface area contributed by atoms with Crippen LogP contribution in [0.5, 0.6) is 0 Å². The van der Waals surface area contributed by atoms with Crippen LogP contribution in [0.2, 0.25) is 0 Å². The van der Waals surface area contributed by atoms with E-state index in [-0.39, 0.29) is 18.4 Å². The van der Waals surface area contributed by atoms with Gasteiger partial charge in [-0.25, -0.2) is 4.98 Å². The summed E-state index contributed by atoms with van der Waals surface area (Å²) in [7, 11) is 0. The maximum atomic E-state index is 12.4. The van der Waals surface area contributed by atoms with E-state index in [9.17, 15) is 9.59 Å². The molecule has 2 aromatic carbocycles. The number of aryl methyl sites for hydroxylation is 1. The highest BCUT2D eigenvalue weighted by Gasteiger charge is 2.15. The molecule has 1 atom stereocenters. The molecule has 3 aromatic rings. The first kappa shape index (κ1) is 18.6. The van der Waals surface area contributed by atoms with Crippen LogP contribution in [0.25, 0.3) is 11.0 Å². The van der Waals surface area contributed by atoms with Crippen molar-refractivity contribution in [3.63, 3.8) is 0 Å². The van der Waals surface area contributed by atoms with Gasteiger partial charge < -0.3 is 15.0 Å². The summed E-state index contributed by atoms with van der Waals surface area (Å²) in [6.45, 7) is 0.531. The Labute approximate surface area is 157 Å². The molecular formula is C21H23N3O3.